The van der Waals surface area contributed by atoms with E-state index in [2.05, 4.69) is 191 Å². The SMILES string of the molecule is c1cc(-c2ccc3c(c2)oc2ccccc23)cc(N(c2cccc(-n3c4ccccc4c4ccccc43)c2)c2cccc3ccc4ccccc4c23)c1. The van der Waals surface area contributed by atoms with Crippen LogP contribution in [0.15, 0.2) is 199 Å². The minimum absolute atomic E-state index is 0.894. The van der Waals surface area contributed by atoms with Gasteiger partial charge in [-0.3, -0.25) is 0 Å². The first kappa shape index (κ1) is 29.6. The van der Waals surface area contributed by atoms with Gasteiger partial charge in [-0.1, -0.05) is 127 Å². The number of aromatic nitrogens is 1. The minimum Gasteiger partial charge on any atom is -0.456 e. The highest BCUT2D eigenvalue weighted by molar-refractivity contribution is 6.15. The first-order valence-electron chi connectivity index (χ1n) is 18.1. The summed E-state index contributed by atoms with van der Waals surface area (Å²) in [6, 6.07) is 69.9. The summed E-state index contributed by atoms with van der Waals surface area (Å²) in [6.45, 7) is 0. The molecule has 0 aliphatic rings. The van der Waals surface area contributed by atoms with Crippen molar-refractivity contribution < 1.29 is 4.42 Å². The molecule has 3 heteroatoms. The summed E-state index contributed by atoms with van der Waals surface area (Å²) in [5.74, 6) is 0. The maximum absolute atomic E-state index is 6.32. The van der Waals surface area contributed by atoms with E-state index >= 15 is 0 Å². The molecule has 2 heterocycles. The van der Waals surface area contributed by atoms with Gasteiger partial charge in [-0.2, -0.15) is 0 Å². The van der Waals surface area contributed by atoms with Crippen LogP contribution in [0.2, 0.25) is 0 Å². The fourth-order valence-electron chi connectivity index (χ4n) is 8.35. The largest absolute Gasteiger partial charge is 0.456 e. The number of fused-ring (bicyclic) bond motifs is 9. The second-order valence-electron chi connectivity index (χ2n) is 13.7. The number of benzene rings is 9. The van der Waals surface area contributed by atoms with Gasteiger partial charge in [0.05, 0.1) is 16.7 Å². The van der Waals surface area contributed by atoms with Crippen molar-refractivity contribution in [2.24, 2.45) is 0 Å². The normalized spacial score (nSPS) is 11.8. The molecule has 0 aliphatic carbocycles. The zero-order chi connectivity index (χ0) is 34.9. The molecule has 0 amide bonds. The molecule has 0 fully saturated rings. The van der Waals surface area contributed by atoms with Crippen molar-refractivity contribution >= 4 is 82.4 Å². The van der Waals surface area contributed by atoms with Crippen molar-refractivity contribution in [3.63, 3.8) is 0 Å². The van der Waals surface area contributed by atoms with Crippen molar-refractivity contribution in [2.75, 3.05) is 4.90 Å². The van der Waals surface area contributed by atoms with Gasteiger partial charge in [0.25, 0.3) is 0 Å². The molecule has 248 valence electrons. The molecule has 0 spiro atoms. The quantitative estimate of drug-likeness (QED) is 0.169. The van der Waals surface area contributed by atoms with Crippen LogP contribution >= 0.6 is 0 Å². The predicted octanol–water partition coefficient (Wildman–Crippen LogP) is 14.1. The number of anilines is 3. The minimum atomic E-state index is 0.894. The number of rotatable bonds is 5. The van der Waals surface area contributed by atoms with Gasteiger partial charge in [-0.05, 0) is 94.0 Å². The third-order valence-corrected chi connectivity index (χ3v) is 10.7. The maximum Gasteiger partial charge on any atom is 0.136 e. The summed E-state index contributed by atoms with van der Waals surface area (Å²) in [5.41, 5.74) is 10.8. The summed E-state index contributed by atoms with van der Waals surface area (Å²) in [5, 5.41) is 9.65. The van der Waals surface area contributed by atoms with Crippen molar-refractivity contribution in [1.29, 1.82) is 0 Å². The first-order valence-corrected chi connectivity index (χ1v) is 18.1. The Balaban J connectivity index is 1.15. The Hall–Kier alpha value is -7.10. The lowest BCUT2D eigenvalue weighted by atomic mass is 9.98. The molecule has 0 radical (unpaired) electrons. The van der Waals surface area contributed by atoms with Gasteiger partial charge >= 0.3 is 0 Å². The van der Waals surface area contributed by atoms with Crippen molar-refractivity contribution in [1.82, 2.24) is 4.57 Å². The smallest absolute Gasteiger partial charge is 0.136 e. The Morgan fingerprint density at radius 3 is 1.81 bits per heavy atom. The van der Waals surface area contributed by atoms with Gasteiger partial charge in [0.15, 0.2) is 0 Å². The van der Waals surface area contributed by atoms with Crippen LogP contribution < -0.4 is 4.90 Å². The van der Waals surface area contributed by atoms with Gasteiger partial charge in [0, 0.05) is 44.0 Å². The summed E-state index contributed by atoms with van der Waals surface area (Å²) < 4.78 is 8.71. The predicted molar refractivity (Wildman–Crippen MR) is 223 cm³/mol. The van der Waals surface area contributed by atoms with E-state index in [1.165, 1.54) is 43.4 Å². The maximum atomic E-state index is 6.32. The Morgan fingerprint density at radius 2 is 0.981 bits per heavy atom. The zero-order valence-corrected chi connectivity index (χ0v) is 28.8. The molecule has 11 rings (SSSR count). The molecule has 0 saturated carbocycles. The van der Waals surface area contributed by atoms with Crippen LogP contribution in [-0.2, 0) is 0 Å². The van der Waals surface area contributed by atoms with Crippen LogP contribution in [0, 0.1) is 0 Å². The molecular formula is C50H32N2O. The molecule has 0 atom stereocenters. The molecule has 0 aliphatic heterocycles. The molecule has 0 bridgehead atoms. The number of hydrogen-bond acceptors (Lipinski definition) is 2. The fourth-order valence-corrected chi connectivity index (χ4v) is 8.35. The van der Waals surface area contributed by atoms with Gasteiger partial charge in [0.1, 0.15) is 11.2 Å². The Bertz CT molecular complexity index is 3150. The summed E-state index contributed by atoms with van der Waals surface area (Å²) >= 11 is 0. The Morgan fingerprint density at radius 1 is 0.377 bits per heavy atom. The second kappa shape index (κ2) is 11.7. The standard InChI is InChI=1S/C50H32N2O/c1-2-18-40-33(12-1)26-27-34-13-10-24-47(50(34)40)51(37-15-9-14-35(30-37)36-28-29-44-43-21-5-8-25-48(43)53-49(44)31-36)38-16-11-17-39(32-38)52-45-22-6-3-19-41(45)42-20-4-7-23-46(42)52/h1-32H. The summed E-state index contributed by atoms with van der Waals surface area (Å²) in [7, 11) is 0. The number of para-hydroxylation sites is 3. The Kier molecular flexibility index (Phi) is 6.55. The molecule has 3 nitrogen and oxygen atoms in total. The highest BCUT2D eigenvalue weighted by Gasteiger charge is 2.20. The monoisotopic (exact) mass is 676 g/mol. The van der Waals surface area contributed by atoms with E-state index in [0.29, 0.717) is 0 Å². The molecule has 0 unspecified atom stereocenters. The molecule has 0 saturated heterocycles. The van der Waals surface area contributed by atoms with Gasteiger partial charge < -0.3 is 13.9 Å². The van der Waals surface area contributed by atoms with Crippen molar-refractivity contribution in [3.05, 3.63) is 194 Å². The highest BCUT2D eigenvalue weighted by atomic mass is 16.3. The Labute approximate surface area is 306 Å². The van der Waals surface area contributed by atoms with Crippen molar-refractivity contribution in [3.8, 4) is 16.8 Å². The van der Waals surface area contributed by atoms with E-state index in [1.54, 1.807) is 0 Å². The summed E-state index contributed by atoms with van der Waals surface area (Å²) in [4.78, 5) is 2.43. The lowest BCUT2D eigenvalue weighted by molar-refractivity contribution is 0.669. The van der Waals surface area contributed by atoms with Crippen LogP contribution in [0.25, 0.3) is 82.1 Å². The number of hydrogen-bond donors (Lipinski definition) is 0. The van der Waals surface area contributed by atoms with E-state index in [-0.39, 0.29) is 0 Å². The van der Waals surface area contributed by atoms with E-state index in [0.717, 1.165) is 55.8 Å². The zero-order valence-electron chi connectivity index (χ0n) is 28.8. The van der Waals surface area contributed by atoms with Gasteiger partial charge in [-0.25, -0.2) is 0 Å². The average molecular weight is 677 g/mol. The number of nitrogens with zero attached hydrogens (tertiary/aromatic N) is 2. The van der Waals surface area contributed by atoms with E-state index in [1.807, 2.05) is 12.1 Å². The third kappa shape index (κ3) is 4.68. The van der Waals surface area contributed by atoms with E-state index < -0.39 is 0 Å². The molecule has 53 heavy (non-hydrogen) atoms. The molecular weight excluding hydrogens is 645 g/mol. The first-order chi connectivity index (χ1) is 26.3. The molecule has 2 aromatic heterocycles. The van der Waals surface area contributed by atoms with Crippen LogP contribution in [-0.4, -0.2) is 4.57 Å². The van der Waals surface area contributed by atoms with Gasteiger partial charge in [0.2, 0.25) is 0 Å². The van der Waals surface area contributed by atoms with Crippen LogP contribution in [0.4, 0.5) is 17.1 Å². The topological polar surface area (TPSA) is 21.3 Å². The lowest BCUT2D eigenvalue weighted by Gasteiger charge is -2.28. The third-order valence-electron chi connectivity index (χ3n) is 10.7. The van der Waals surface area contributed by atoms with Crippen LogP contribution in [0.5, 0.6) is 0 Å². The molecule has 9 aromatic carbocycles. The second-order valence-corrected chi connectivity index (χ2v) is 13.7. The van der Waals surface area contributed by atoms with Crippen LogP contribution in [0.3, 0.4) is 0 Å². The summed E-state index contributed by atoms with van der Waals surface area (Å²) in [6.07, 6.45) is 0. The highest BCUT2D eigenvalue weighted by Crippen LogP contribution is 2.44. The van der Waals surface area contributed by atoms with E-state index in [9.17, 15) is 0 Å². The van der Waals surface area contributed by atoms with Gasteiger partial charge in [-0.15, -0.1) is 0 Å². The fraction of sp³-hybridized carbons (Fsp3) is 0. The molecule has 11 aromatic rings. The molecule has 0 N–H and O–H groups in total. The number of furan rings is 1. The van der Waals surface area contributed by atoms with Crippen LogP contribution in [0.1, 0.15) is 0 Å². The lowest BCUT2D eigenvalue weighted by Crippen LogP contribution is -2.11. The van der Waals surface area contributed by atoms with E-state index in [4.69, 9.17) is 4.42 Å². The average Bonchev–Trinajstić information content (AvgIpc) is 3.77. The van der Waals surface area contributed by atoms with Crippen molar-refractivity contribution in [2.45, 2.75) is 0 Å².